The molecule has 0 spiro atoms. The molecule has 0 fully saturated rings. The van der Waals surface area contributed by atoms with Crippen molar-refractivity contribution in [2.75, 3.05) is 0 Å². The van der Waals surface area contributed by atoms with Crippen LogP contribution in [0.15, 0.2) is 11.8 Å². The van der Waals surface area contributed by atoms with Crippen LogP contribution in [0.5, 0.6) is 0 Å². The summed E-state index contributed by atoms with van der Waals surface area (Å²) in [4.78, 5) is 0. The predicted octanol–water partition coefficient (Wildman–Crippen LogP) is 5.56. The maximum Gasteiger partial charge on any atom is 0.0682 e. The first-order valence-electron chi connectivity index (χ1n) is 7.19. The van der Waals surface area contributed by atoms with Crippen LogP contribution in [0.4, 0.5) is 0 Å². The topological polar surface area (TPSA) is 0 Å². The van der Waals surface area contributed by atoms with Crippen molar-refractivity contribution in [3.63, 3.8) is 0 Å². The van der Waals surface area contributed by atoms with Gasteiger partial charge in [0.05, 0.1) is 8.07 Å². The van der Waals surface area contributed by atoms with Gasteiger partial charge in [-0.1, -0.05) is 57.6 Å². The Morgan fingerprint density at radius 2 is 1.53 bits per heavy atom. The monoisotopic (exact) mass is 250 g/mol. The molecule has 0 heterocycles. The Hall–Kier alpha value is -0.483. The zero-order chi connectivity index (χ0) is 13.0. The minimum atomic E-state index is -0.968. The highest BCUT2D eigenvalue weighted by molar-refractivity contribution is 6.80. The molecule has 0 N–H and O–H groups in total. The Bertz CT molecular complexity index is 247. The van der Waals surface area contributed by atoms with Crippen LogP contribution < -0.4 is 0 Å². The van der Waals surface area contributed by atoms with Crippen LogP contribution in [0.1, 0.15) is 58.3 Å². The van der Waals surface area contributed by atoms with Crippen molar-refractivity contribution in [2.45, 2.75) is 77.9 Å². The predicted molar refractivity (Wildman–Crippen MR) is 82.9 cm³/mol. The van der Waals surface area contributed by atoms with Gasteiger partial charge in [0.2, 0.25) is 0 Å². The SMILES string of the molecule is CCCCCCC#CCCC/C=C/[Si](C)(C)C. The van der Waals surface area contributed by atoms with Gasteiger partial charge >= 0.3 is 0 Å². The maximum atomic E-state index is 3.29. The van der Waals surface area contributed by atoms with E-state index < -0.39 is 8.07 Å². The van der Waals surface area contributed by atoms with Crippen molar-refractivity contribution in [2.24, 2.45) is 0 Å². The molecule has 0 radical (unpaired) electrons. The lowest BCUT2D eigenvalue weighted by Gasteiger charge is -2.07. The molecular weight excluding hydrogens is 220 g/mol. The number of hydrogen-bond donors (Lipinski definition) is 0. The van der Waals surface area contributed by atoms with Crippen LogP contribution in [0.3, 0.4) is 0 Å². The van der Waals surface area contributed by atoms with Gasteiger partial charge in [-0.15, -0.1) is 11.8 Å². The van der Waals surface area contributed by atoms with E-state index in [1.54, 1.807) is 0 Å². The number of allylic oxidation sites excluding steroid dienone is 1. The number of hydrogen-bond acceptors (Lipinski definition) is 0. The Morgan fingerprint density at radius 1 is 0.882 bits per heavy atom. The molecule has 0 aromatic rings. The summed E-state index contributed by atoms with van der Waals surface area (Å²) >= 11 is 0. The molecular formula is C16H30Si. The zero-order valence-corrected chi connectivity index (χ0v) is 13.3. The van der Waals surface area contributed by atoms with Crippen LogP contribution in [0.2, 0.25) is 19.6 Å². The smallest absolute Gasteiger partial charge is 0.0682 e. The Kier molecular flexibility index (Phi) is 10.4. The summed E-state index contributed by atoms with van der Waals surface area (Å²) in [5.74, 6) is 6.57. The fourth-order valence-corrected chi connectivity index (χ4v) is 2.44. The Balaban J connectivity index is 3.34. The van der Waals surface area contributed by atoms with Gasteiger partial charge in [0, 0.05) is 12.8 Å². The second-order valence-electron chi connectivity index (χ2n) is 5.82. The molecule has 0 aliphatic carbocycles. The first-order valence-corrected chi connectivity index (χ1v) is 10.8. The van der Waals surface area contributed by atoms with Gasteiger partial charge in [0.1, 0.15) is 0 Å². The van der Waals surface area contributed by atoms with Gasteiger partial charge in [-0.05, 0) is 19.3 Å². The molecule has 0 atom stereocenters. The van der Waals surface area contributed by atoms with E-state index in [1.807, 2.05) is 0 Å². The lowest BCUT2D eigenvalue weighted by molar-refractivity contribution is 0.679. The first-order chi connectivity index (χ1) is 8.06. The van der Waals surface area contributed by atoms with Gasteiger partial charge in [0.15, 0.2) is 0 Å². The first kappa shape index (κ1) is 16.5. The molecule has 0 aromatic heterocycles. The molecule has 0 saturated heterocycles. The molecule has 0 rings (SSSR count). The van der Waals surface area contributed by atoms with Gasteiger partial charge in [-0.2, -0.15) is 0 Å². The Labute approximate surface area is 110 Å². The molecule has 0 saturated carbocycles. The van der Waals surface area contributed by atoms with E-state index >= 15 is 0 Å². The van der Waals surface area contributed by atoms with Gasteiger partial charge < -0.3 is 0 Å². The normalized spacial score (nSPS) is 11.5. The van der Waals surface area contributed by atoms with Gasteiger partial charge in [0.25, 0.3) is 0 Å². The maximum absolute atomic E-state index is 3.29. The summed E-state index contributed by atoms with van der Waals surface area (Å²) in [7, 11) is -0.968. The minimum absolute atomic E-state index is 0.968. The van der Waals surface area contributed by atoms with Crippen LogP contribution in [-0.2, 0) is 0 Å². The van der Waals surface area contributed by atoms with E-state index in [9.17, 15) is 0 Å². The van der Waals surface area contributed by atoms with Crippen LogP contribution in [-0.4, -0.2) is 8.07 Å². The third kappa shape index (κ3) is 15.5. The van der Waals surface area contributed by atoms with E-state index in [2.05, 4.69) is 50.2 Å². The van der Waals surface area contributed by atoms with Crippen molar-refractivity contribution in [1.29, 1.82) is 0 Å². The van der Waals surface area contributed by atoms with Gasteiger partial charge in [-0.3, -0.25) is 0 Å². The van der Waals surface area contributed by atoms with Gasteiger partial charge in [-0.25, -0.2) is 0 Å². The zero-order valence-electron chi connectivity index (χ0n) is 12.3. The number of unbranched alkanes of at least 4 members (excludes halogenated alkanes) is 6. The van der Waals surface area contributed by atoms with Crippen LogP contribution >= 0.6 is 0 Å². The molecule has 0 aliphatic heterocycles. The highest BCUT2D eigenvalue weighted by Crippen LogP contribution is 2.05. The molecule has 0 amide bonds. The summed E-state index contributed by atoms with van der Waals surface area (Å²) in [5.41, 5.74) is 2.44. The molecule has 0 aromatic carbocycles. The highest BCUT2D eigenvalue weighted by Gasteiger charge is 2.05. The van der Waals surface area contributed by atoms with E-state index in [0.29, 0.717) is 0 Å². The second kappa shape index (κ2) is 10.7. The molecule has 0 aliphatic rings. The lowest BCUT2D eigenvalue weighted by atomic mass is 10.1. The molecule has 0 nitrogen and oxygen atoms in total. The fraction of sp³-hybridized carbons (Fsp3) is 0.750. The average molecular weight is 251 g/mol. The number of rotatable bonds is 8. The van der Waals surface area contributed by atoms with Crippen LogP contribution in [0.25, 0.3) is 0 Å². The van der Waals surface area contributed by atoms with E-state index in [0.717, 1.165) is 12.8 Å². The largest absolute Gasteiger partial charge is 0.103 e. The third-order valence-corrected chi connectivity index (χ3v) is 3.81. The van der Waals surface area contributed by atoms with Crippen molar-refractivity contribution in [1.82, 2.24) is 0 Å². The molecule has 0 unspecified atom stereocenters. The van der Waals surface area contributed by atoms with E-state index in [4.69, 9.17) is 0 Å². The van der Waals surface area contributed by atoms with Crippen molar-refractivity contribution >= 4 is 8.07 Å². The summed E-state index contributed by atoms with van der Waals surface area (Å²) in [6.07, 6.45) is 12.3. The fourth-order valence-electron chi connectivity index (χ4n) is 1.56. The molecule has 1 heteroatoms. The molecule has 98 valence electrons. The van der Waals surface area contributed by atoms with Crippen molar-refractivity contribution in [3.8, 4) is 11.8 Å². The third-order valence-electron chi connectivity index (χ3n) is 2.57. The van der Waals surface area contributed by atoms with Crippen molar-refractivity contribution < 1.29 is 0 Å². The quantitative estimate of drug-likeness (QED) is 0.300. The summed E-state index contributed by atoms with van der Waals surface area (Å²) < 4.78 is 0. The summed E-state index contributed by atoms with van der Waals surface area (Å²) in [6.45, 7) is 9.37. The van der Waals surface area contributed by atoms with E-state index in [1.165, 1.54) is 38.5 Å². The highest BCUT2D eigenvalue weighted by atomic mass is 28.3. The van der Waals surface area contributed by atoms with Crippen molar-refractivity contribution in [3.05, 3.63) is 11.8 Å². The molecule has 0 bridgehead atoms. The van der Waals surface area contributed by atoms with Crippen LogP contribution in [0, 0.1) is 11.8 Å². The average Bonchev–Trinajstić information content (AvgIpc) is 2.24. The standard InChI is InChI=1S/C16H30Si/c1-5-6-7-8-9-10-11-12-13-14-15-16-17(2,3)4/h15-16H,5-9,12-14H2,1-4H3/b16-15+. The second-order valence-corrected chi connectivity index (χ2v) is 10.9. The molecule has 17 heavy (non-hydrogen) atoms. The summed E-state index contributed by atoms with van der Waals surface area (Å²) in [5, 5.41) is 0. The van der Waals surface area contributed by atoms with E-state index in [-0.39, 0.29) is 0 Å². The minimum Gasteiger partial charge on any atom is -0.103 e. The Morgan fingerprint density at radius 3 is 2.12 bits per heavy atom. The lowest BCUT2D eigenvalue weighted by Crippen LogP contribution is -2.15. The summed E-state index contributed by atoms with van der Waals surface area (Å²) in [6, 6.07) is 0.